The van der Waals surface area contributed by atoms with Crippen molar-refractivity contribution in [3.63, 3.8) is 0 Å². The molecular formula is C8H8ClO. The van der Waals surface area contributed by atoms with Gasteiger partial charge < -0.3 is 4.74 Å². The fourth-order valence-electron chi connectivity index (χ4n) is 0.651. The van der Waals surface area contributed by atoms with Crippen LogP contribution in [0.4, 0.5) is 0 Å². The number of halogens is 1. The van der Waals surface area contributed by atoms with Crippen molar-refractivity contribution in [1.29, 1.82) is 0 Å². The highest BCUT2D eigenvalue weighted by atomic mass is 35.5. The van der Waals surface area contributed by atoms with Crippen LogP contribution in [0.5, 0.6) is 5.75 Å². The van der Waals surface area contributed by atoms with Crippen LogP contribution in [0, 0.1) is 5.56 Å². The Morgan fingerprint density at radius 3 is 2.40 bits per heavy atom. The van der Waals surface area contributed by atoms with E-state index in [1.807, 2.05) is 30.3 Å². The number of hydrogen-bond acceptors (Lipinski definition) is 1. The molecule has 0 aromatic heterocycles. The van der Waals surface area contributed by atoms with Gasteiger partial charge in [-0.05, 0) is 19.1 Å². The van der Waals surface area contributed by atoms with Crippen LogP contribution >= 0.6 is 11.6 Å². The molecule has 10 heavy (non-hydrogen) atoms. The van der Waals surface area contributed by atoms with E-state index >= 15 is 0 Å². The smallest absolute Gasteiger partial charge is 0.232 e. The number of hydrogen-bond donors (Lipinski definition) is 0. The van der Waals surface area contributed by atoms with E-state index in [4.69, 9.17) is 16.3 Å². The molecule has 0 saturated carbocycles. The summed E-state index contributed by atoms with van der Waals surface area (Å²) in [5.41, 5.74) is 0.436. The van der Waals surface area contributed by atoms with E-state index in [-0.39, 0.29) is 0 Å². The molecular weight excluding hydrogens is 148 g/mol. The van der Waals surface area contributed by atoms with E-state index in [2.05, 4.69) is 0 Å². The van der Waals surface area contributed by atoms with E-state index in [1.165, 1.54) is 0 Å². The van der Waals surface area contributed by atoms with Crippen LogP contribution in [-0.2, 0) is 0 Å². The molecule has 0 N–H and O–H groups in total. The number of ether oxygens (including phenoxy) is 1. The Morgan fingerprint density at radius 2 is 1.90 bits per heavy atom. The van der Waals surface area contributed by atoms with Crippen LogP contribution in [-0.4, -0.2) is 0 Å². The molecule has 53 valence electrons. The van der Waals surface area contributed by atoms with Crippen LogP contribution in [0.25, 0.3) is 0 Å². The highest BCUT2D eigenvalue weighted by Crippen LogP contribution is 2.15. The summed E-state index contributed by atoms with van der Waals surface area (Å²) in [5.74, 6) is 0.773. The van der Waals surface area contributed by atoms with Gasteiger partial charge in [-0.15, -0.1) is 0 Å². The van der Waals surface area contributed by atoms with Gasteiger partial charge in [0.25, 0.3) is 0 Å². The maximum absolute atomic E-state index is 5.51. The second kappa shape index (κ2) is 3.47. The van der Waals surface area contributed by atoms with Gasteiger partial charge in [-0.25, -0.2) is 0 Å². The highest BCUT2D eigenvalue weighted by Gasteiger charge is 1.97. The second-order valence-electron chi connectivity index (χ2n) is 1.89. The van der Waals surface area contributed by atoms with Crippen molar-refractivity contribution in [3.8, 4) is 5.75 Å². The normalized spacial score (nSPS) is 9.90. The molecule has 0 saturated heterocycles. The molecule has 2 heteroatoms. The molecule has 0 amide bonds. The monoisotopic (exact) mass is 155 g/mol. The SMILES string of the molecule is C[C](Cl)Oc1ccccc1. The van der Waals surface area contributed by atoms with Crippen LogP contribution in [0.1, 0.15) is 6.92 Å². The van der Waals surface area contributed by atoms with Gasteiger partial charge in [-0.2, -0.15) is 0 Å². The molecule has 1 nitrogen and oxygen atoms in total. The first-order valence-corrected chi connectivity index (χ1v) is 3.39. The largest absolute Gasteiger partial charge is 0.467 e. The number of rotatable bonds is 2. The lowest BCUT2D eigenvalue weighted by molar-refractivity contribution is 0.391. The second-order valence-corrected chi connectivity index (χ2v) is 2.42. The highest BCUT2D eigenvalue weighted by molar-refractivity contribution is 6.25. The lowest BCUT2D eigenvalue weighted by Crippen LogP contribution is -1.92. The molecule has 0 heterocycles. The zero-order valence-electron chi connectivity index (χ0n) is 5.67. The number of benzene rings is 1. The van der Waals surface area contributed by atoms with Crippen LogP contribution in [0.15, 0.2) is 30.3 Å². The van der Waals surface area contributed by atoms with Gasteiger partial charge in [-0.3, -0.25) is 0 Å². The summed E-state index contributed by atoms with van der Waals surface area (Å²) in [4.78, 5) is 0. The van der Waals surface area contributed by atoms with Crippen LogP contribution in [0.2, 0.25) is 0 Å². The minimum atomic E-state index is 0.436. The van der Waals surface area contributed by atoms with E-state index in [9.17, 15) is 0 Å². The third-order valence-corrected chi connectivity index (χ3v) is 1.08. The van der Waals surface area contributed by atoms with E-state index < -0.39 is 0 Å². The minimum Gasteiger partial charge on any atom is -0.467 e. The Labute approximate surface area is 65.6 Å². The Bertz CT molecular complexity index is 184. The van der Waals surface area contributed by atoms with Gasteiger partial charge >= 0.3 is 0 Å². The molecule has 0 aliphatic rings. The maximum Gasteiger partial charge on any atom is 0.232 e. The fourth-order valence-corrected chi connectivity index (χ4v) is 0.740. The Morgan fingerprint density at radius 1 is 1.30 bits per heavy atom. The molecule has 0 bridgehead atoms. The van der Waals surface area contributed by atoms with E-state index in [0.717, 1.165) is 5.75 Å². The van der Waals surface area contributed by atoms with Crippen molar-refractivity contribution in [2.75, 3.05) is 0 Å². The van der Waals surface area contributed by atoms with Gasteiger partial charge in [0.05, 0.1) is 0 Å². The third-order valence-electron chi connectivity index (χ3n) is 1.00. The summed E-state index contributed by atoms with van der Waals surface area (Å²) in [5, 5.41) is 0. The molecule has 1 radical (unpaired) electrons. The predicted molar refractivity (Wildman–Crippen MR) is 41.8 cm³/mol. The molecule has 0 unspecified atom stereocenters. The molecule has 0 fully saturated rings. The Kier molecular flexibility index (Phi) is 2.57. The van der Waals surface area contributed by atoms with E-state index in [0.29, 0.717) is 5.56 Å². The quantitative estimate of drug-likeness (QED) is 0.638. The standard InChI is InChI=1S/C8H8ClO/c1-7(9)10-8-5-3-2-4-6-8/h2-6H,1H3. The topological polar surface area (TPSA) is 9.23 Å². The zero-order chi connectivity index (χ0) is 7.40. The summed E-state index contributed by atoms with van der Waals surface area (Å²) in [6, 6.07) is 9.43. The summed E-state index contributed by atoms with van der Waals surface area (Å²) < 4.78 is 5.10. The van der Waals surface area contributed by atoms with Crippen LogP contribution in [0.3, 0.4) is 0 Å². The lowest BCUT2D eigenvalue weighted by Gasteiger charge is -2.04. The zero-order valence-corrected chi connectivity index (χ0v) is 6.43. The Hall–Kier alpha value is -0.690. The average Bonchev–Trinajstić information content (AvgIpc) is 1.88. The molecule has 0 aliphatic heterocycles. The van der Waals surface area contributed by atoms with Crippen molar-refractivity contribution >= 4 is 11.6 Å². The van der Waals surface area contributed by atoms with Gasteiger partial charge in [0.1, 0.15) is 5.75 Å². The molecule has 0 aliphatic carbocycles. The molecule has 0 spiro atoms. The molecule has 1 aromatic carbocycles. The Balaban J connectivity index is 2.59. The summed E-state index contributed by atoms with van der Waals surface area (Å²) in [6.07, 6.45) is 0. The van der Waals surface area contributed by atoms with Gasteiger partial charge in [-0.1, -0.05) is 29.8 Å². The fraction of sp³-hybridized carbons (Fsp3) is 0.125. The van der Waals surface area contributed by atoms with Crippen molar-refractivity contribution in [2.24, 2.45) is 0 Å². The van der Waals surface area contributed by atoms with Gasteiger partial charge in [0, 0.05) is 0 Å². The van der Waals surface area contributed by atoms with Crippen molar-refractivity contribution < 1.29 is 4.74 Å². The first-order chi connectivity index (χ1) is 4.79. The van der Waals surface area contributed by atoms with E-state index in [1.54, 1.807) is 6.92 Å². The van der Waals surface area contributed by atoms with Crippen LogP contribution < -0.4 is 4.74 Å². The molecule has 0 atom stereocenters. The molecule has 1 aromatic rings. The predicted octanol–water partition coefficient (Wildman–Crippen LogP) is 2.81. The average molecular weight is 156 g/mol. The first kappa shape index (κ1) is 7.42. The van der Waals surface area contributed by atoms with Crippen molar-refractivity contribution in [2.45, 2.75) is 6.92 Å². The van der Waals surface area contributed by atoms with Crippen molar-refractivity contribution in [3.05, 3.63) is 35.9 Å². The third kappa shape index (κ3) is 2.28. The molecule has 1 rings (SSSR count). The minimum absolute atomic E-state index is 0.436. The first-order valence-electron chi connectivity index (χ1n) is 3.01. The number of para-hydroxylation sites is 1. The maximum atomic E-state index is 5.51. The summed E-state index contributed by atoms with van der Waals surface area (Å²) in [6.45, 7) is 1.70. The van der Waals surface area contributed by atoms with Gasteiger partial charge in [0.15, 0.2) is 0 Å². The lowest BCUT2D eigenvalue weighted by atomic mass is 10.3. The van der Waals surface area contributed by atoms with Crippen molar-refractivity contribution in [1.82, 2.24) is 0 Å². The summed E-state index contributed by atoms with van der Waals surface area (Å²) in [7, 11) is 0. The van der Waals surface area contributed by atoms with Gasteiger partial charge in [0.2, 0.25) is 5.56 Å². The summed E-state index contributed by atoms with van der Waals surface area (Å²) >= 11 is 5.51.